The molecule has 0 bridgehead atoms. The molecule has 0 saturated heterocycles. The van der Waals surface area contributed by atoms with E-state index in [0.717, 1.165) is 6.26 Å². The second-order valence-corrected chi connectivity index (χ2v) is 8.82. The van der Waals surface area contributed by atoms with Crippen LogP contribution in [0, 0.1) is 0 Å². The largest absolute Gasteiger partial charge is 0.485 e. The van der Waals surface area contributed by atoms with Gasteiger partial charge in [-0.25, -0.2) is 13.4 Å². The van der Waals surface area contributed by atoms with Crippen LogP contribution in [0.2, 0.25) is 0 Å². The first-order valence-corrected chi connectivity index (χ1v) is 10.4. The number of benzene rings is 2. The second-order valence-electron chi connectivity index (χ2n) is 5.77. The van der Waals surface area contributed by atoms with Crippen LogP contribution in [0.25, 0.3) is 10.2 Å². The van der Waals surface area contributed by atoms with E-state index in [1.54, 1.807) is 30.3 Å². The molecule has 26 heavy (non-hydrogen) atoms. The molecule has 1 aliphatic heterocycles. The van der Waals surface area contributed by atoms with E-state index in [0.29, 0.717) is 26.8 Å². The Hall–Kier alpha value is -2.65. The Kier molecular flexibility index (Phi) is 4.04. The van der Waals surface area contributed by atoms with E-state index in [2.05, 4.69) is 10.3 Å². The Balaban J connectivity index is 1.53. The van der Waals surface area contributed by atoms with Crippen molar-refractivity contribution in [1.29, 1.82) is 0 Å². The van der Waals surface area contributed by atoms with Gasteiger partial charge in [0.25, 0.3) is 5.91 Å². The molecule has 1 aromatic heterocycles. The molecule has 4 rings (SSSR count). The first-order chi connectivity index (χ1) is 12.4. The van der Waals surface area contributed by atoms with Gasteiger partial charge in [0.05, 0.1) is 15.1 Å². The van der Waals surface area contributed by atoms with Gasteiger partial charge in [0, 0.05) is 6.26 Å². The van der Waals surface area contributed by atoms with Crippen molar-refractivity contribution in [2.75, 3.05) is 18.2 Å². The molecule has 1 aliphatic rings. The van der Waals surface area contributed by atoms with E-state index in [-0.39, 0.29) is 17.4 Å². The fraction of sp³-hybridized carbons (Fsp3) is 0.176. The highest BCUT2D eigenvalue weighted by Crippen LogP contribution is 2.32. The minimum atomic E-state index is -3.30. The predicted octanol–water partition coefficient (Wildman–Crippen LogP) is 2.48. The molecule has 7 nitrogen and oxygen atoms in total. The molecule has 0 unspecified atom stereocenters. The number of amides is 1. The average molecular weight is 390 g/mol. The molecule has 0 aliphatic carbocycles. The van der Waals surface area contributed by atoms with E-state index < -0.39 is 15.9 Å². The van der Waals surface area contributed by atoms with Crippen LogP contribution in [-0.2, 0) is 14.6 Å². The van der Waals surface area contributed by atoms with Crippen molar-refractivity contribution in [3.8, 4) is 11.5 Å². The third-order valence-electron chi connectivity index (χ3n) is 3.82. The number of nitrogens with one attached hydrogen (secondary N) is 1. The zero-order valence-corrected chi connectivity index (χ0v) is 15.3. The topological polar surface area (TPSA) is 94.6 Å². The lowest BCUT2D eigenvalue weighted by Crippen LogP contribution is -2.40. The molecule has 0 spiro atoms. The molecule has 3 aromatic rings. The summed E-state index contributed by atoms with van der Waals surface area (Å²) in [6.07, 6.45) is 0.361. The van der Waals surface area contributed by atoms with Gasteiger partial charge in [-0.2, -0.15) is 0 Å². The van der Waals surface area contributed by atoms with Gasteiger partial charge in [-0.15, -0.1) is 0 Å². The summed E-state index contributed by atoms with van der Waals surface area (Å²) in [4.78, 5) is 17.0. The summed E-state index contributed by atoms with van der Waals surface area (Å²) in [5.74, 6) is 0.743. The Bertz CT molecular complexity index is 1110. The van der Waals surface area contributed by atoms with Gasteiger partial charge in [0.2, 0.25) is 6.10 Å². The number of ether oxygens (including phenoxy) is 2. The number of carbonyl (C=O) groups excluding carboxylic acids is 1. The van der Waals surface area contributed by atoms with Gasteiger partial charge < -0.3 is 9.47 Å². The molecule has 9 heteroatoms. The number of carbonyl (C=O) groups is 1. The number of aromatic nitrogens is 1. The summed E-state index contributed by atoms with van der Waals surface area (Å²) in [5, 5.41) is 3.08. The van der Waals surface area contributed by atoms with Crippen molar-refractivity contribution < 1.29 is 22.7 Å². The summed E-state index contributed by atoms with van der Waals surface area (Å²) in [7, 11) is -3.30. The third kappa shape index (κ3) is 3.23. The minimum Gasteiger partial charge on any atom is -0.485 e. The molecule has 0 saturated carbocycles. The van der Waals surface area contributed by atoms with Gasteiger partial charge >= 0.3 is 0 Å². The molecule has 0 radical (unpaired) electrons. The number of rotatable bonds is 3. The van der Waals surface area contributed by atoms with E-state index in [9.17, 15) is 13.2 Å². The third-order valence-corrected chi connectivity index (χ3v) is 5.86. The van der Waals surface area contributed by atoms with Crippen LogP contribution in [0.1, 0.15) is 0 Å². The molecule has 1 amide bonds. The van der Waals surface area contributed by atoms with Crippen LogP contribution in [0.4, 0.5) is 5.13 Å². The first-order valence-electron chi connectivity index (χ1n) is 7.70. The highest BCUT2D eigenvalue weighted by molar-refractivity contribution is 7.90. The van der Waals surface area contributed by atoms with E-state index >= 15 is 0 Å². The summed E-state index contributed by atoms with van der Waals surface area (Å²) in [5.41, 5.74) is 0.615. The van der Waals surface area contributed by atoms with Crippen LogP contribution in [0.5, 0.6) is 11.5 Å². The van der Waals surface area contributed by atoms with Gasteiger partial charge in [0.15, 0.2) is 26.5 Å². The van der Waals surface area contributed by atoms with Crippen molar-refractivity contribution in [2.45, 2.75) is 11.0 Å². The molecule has 1 N–H and O–H groups in total. The van der Waals surface area contributed by atoms with Crippen LogP contribution < -0.4 is 14.8 Å². The van der Waals surface area contributed by atoms with Crippen LogP contribution in [0.3, 0.4) is 0 Å². The Morgan fingerprint density at radius 1 is 1.23 bits per heavy atom. The first kappa shape index (κ1) is 16.8. The van der Waals surface area contributed by atoms with Crippen LogP contribution in [-0.4, -0.2) is 38.3 Å². The molecule has 2 heterocycles. The van der Waals surface area contributed by atoms with E-state index in [1.165, 1.54) is 17.4 Å². The maximum Gasteiger partial charge on any atom is 0.270 e. The molecule has 2 aromatic carbocycles. The number of nitrogens with zero attached hydrogens (tertiary/aromatic N) is 1. The minimum absolute atomic E-state index is 0.103. The van der Waals surface area contributed by atoms with Crippen molar-refractivity contribution in [3.05, 3.63) is 42.5 Å². The van der Waals surface area contributed by atoms with Gasteiger partial charge in [-0.1, -0.05) is 23.5 Å². The maximum atomic E-state index is 12.4. The van der Waals surface area contributed by atoms with Crippen molar-refractivity contribution in [1.82, 2.24) is 4.98 Å². The monoisotopic (exact) mass is 390 g/mol. The van der Waals surface area contributed by atoms with Crippen LogP contribution in [0.15, 0.2) is 47.4 Å². The van der Waals surface area contributed by atoms with E-state index in [4.69, 9.17) is 9.47 Å². The number of thiazole rings is 1. The predicted molar refractivity (Wildman–Crippen MR) is 97.7 cm³/mol. The van der Waals surface area contributed by atoms with Crippen molar-refractivity contribution in [2.24, 2.45) is 0 Å². The highest BCUT2D eigenvalue weighted by Gasteiger charge is 2.28. The SMILES string of the molecule is CS(=O)(=O)c1ccc2nc(NC(=O)[C@@H]3COc4ccccc4O3)sc2c1. The summed E-state index contributed by atoms with van der Waals surface area (Å²) in [6, 6.07) is 11.8. The Morgan fingerprint density at radius 3 is 2.77 bits per heavy atom. The fourth-order valence-corrected chi connectivity index (χ4v) is 4.15. The summed E-state index contributed by atoms with van der Waals surface area (Å²) >= 11 is 1.20. The number of hydrogen-bond donors (Lipinski definition) is 1. The lowest BCUT2D eigenvalue weighted by atomic mass is 10.2. The standard InChI is InChI=1S/C17H14N2O5S2/c1-26(21,22)10-6-7-11-15(8-10)25-17(18-11)19-16(20)14-9-23-12-4-2-3-5-13(12)24-14/h2-8,14H,9H2,1H3,(H,18,19,20)/t14-/m0/s1. The van der Waals surface area contributed by atoms with Gasteiger partial charge in [-0.05, 0) is 30.3 Å². The Morgan fingerprint density at radius 2 is 2.00 bits per heavy atom. The summed E-state index contributed by atoms with van der Waals surface area (Å²) in [6.45, 7) is 0.103. The molecule has 134 valence electrons. The van der Waals surface area contributed by atoms with Crippen LogP contribution >= 0.6 is 11.3 Å². The number of fused-ring (bicyclic) bond motifs is 2. The van der Waals surface area contributed by atoms with E-state index in [1.807, 2.05) is 6.07 Å². The zero-order chi connectivity index (χ0) is 18.3. The number of sulfone groups is 1. The number of anilines is 1. The number of hydrogen-bond acceptors (Lipinski definition) is 7. The number of para-hydroxylation sites is 2. The van der Waals surface area contributed by atoms with Crippen molar-refractivity contribution >= 4 is 42.4 Å². The smallest absolute Gasteiger partial charge is 0.270 e. The molecular weight excluding hydrogens is 376 g/mol. The molecular formula is C17H14N2O5S2. The lowest BCUT2D eigenvalue weighted by Gasteiger charge is -2.25. The molecule has 1 atom stereocenters. The van der Waals surface area contributed by atoms with Gasteiger partial charge in [0.1, 0.15) is 6.61 Å². The van der Waals surface area contributed by atoms with Crippen molar-refractivity contribution in [3.63, 3.8) is 0 Å². The lowest BCUT2D eigenvalue weighted by molar-refractivity contribution is -0.125. The zero-order valence-electron chi connectivity index (χ0n) is 13.6. The molecule has 0 fully saturated rings. The summed E-state index contributed by atoms with van der Waals surface area (Å²) < 4.78 is 35.2. The second kappa shape index (κ2) is 6.26. The highest BCUT2D eigenvalue weighted by atomic mass is 32.2. The fourth-order valence-electron chi connectivity index (χ4n) is 2.52. The maximum absolute atomic E-state index is 12.4. The normalized spacial score (nSPS) is 16.4. The average Bonchev–Trinajstić information content (AvgIpc) is 3.01. The van der Waals surface area contributed by atoms with Gasteiger partial charge in [-0.3, -0.25) is 10.1 Å². The Labute approximate surface area is 153 Å². The quantitative estimate of drug-likeness (QED) is 0.738.